The summed E-state index contributed by atoms with van der Waals surface area (Å²) in [6.45, 7) is 2.41. The minimum atomic E-state index is 0.365. The summed E-state index contributed by atoms with van der Waals surface area (Å²) in [7, 11) is 1.60. The van der Waals surface area contributed by atoms with Gasteiger partial charge in [0.25, 0.3) is 5.89 Å². The molecule has 0 bridgehead atoms. The van der Waals surface area contributed by atoms with Crippen molar-refractivity contribution in [3.05, 3.63) is 17.0 Å². The summed E-state index contributed by atoms with van der Waals surface area (Å²) in [4.78, 5) is 9.40. The zero-order valence-electron chi connectivity index (χ0n) is 8.56. The molecule has 5 nitrogen and oxygen atoms in total. The van der Waals surface area contributed by atoms with Crippen LogP contribution in [-0.2, 0) is 17.8 Å². The SMILES string of the molecule is CCc1ncsc1-c1nc(COC)no1. The summed E-state index contributed by atoms with van der Waals surface area (Å²) in [5.41, 5.74) is 2.78. The minimum absolute atomic E-state index is 0.365. The summed E-state index contributed by atoms with van der Waals surface area (Å²) < 4.78 is 10.1. The molecule has 0 fully saturated rings. The number of hydrogen-bond donors (Lipinski definition) is 0. The number of ether oxygens (including phenoxy) is 1. The van der Waals surface area contributed by atoms with E-state index in [9.17, 15) is 0 Å². The van der Waals surface area contributed by atoms with Crippen molar-refractivity contribution < 1.29 is 9.26 Å². The Labute approximate surface area is 91.1 Å². The molecule has 0 aliphatic rings. The normalized spacial score (nSPS) is 10.8. The van der Waals surface area contributed by atoms with Crippen LogP contribution in [0.1, 0.15) is 18.4 Å². The first kappa shape index (κ1) is 10.3. The predicted molar refractivity (Wildman–Crippen MR) is 55.5 cm³/mol. The second-order valence-corrected chi connectivity index (χ2v) is 3.79. The Bertz CT molecular complexity index is 438. The number of aromatic nitrogens is 3. The molecule has 0 saturated heterocycles. The zero-order valence-corrected chi connectivity index (χ0v) is 9.37. The molecule has 0 unspecified atom stereocenters. The van der Waals surface area contributed by atoms with Crippen LogP contribution in [0.25, 0.3) is 10.8 Å². The van der Waals surface area contributed by atoms with Gasteiger partial charge in [0, 0.05) is 7.11 Å². The summed E-state index contributed by atoms with van der Waals surface area (Å²) in [6, 6.07) is 0. The van der Waals surface area contributed by atoms with Crippen LogP contribution < -0.4 is 0 Å². The monoisotopic (exact) mass is 225 g/mol. The molecule has 0 aromatic carbocycles. The molecule has 2 rings (SSSR count). The van der Waals surface area contributed by atoms with Crippen LogP contribution in [0.2, 0.25) is 0 Å². The van der Waals surface area contributed by atoms with Crippen molar-refractivity contribution in [1.82, 2.24) is 15.1 Å². The maximum atomic E-state index is 5.13. The second kappa shape index (κ2) is 4.50. The Morgan fingerprint density at radius 3 is 3.13 bits per heavy atom. The van der Waals surface area contributed by atoms with Crippen molar-refractivity contribution in [3.8, 4) is 10.8 Å². The van der Waals surface area contributed by atoms with Crippen LogP contribution in [0.4, 0.5) is 0 Å². The van der Waals surface area contributed by atoms with Gasteiger partial charge in [-0.05, 0) is 6.42 Å². The van der Waals surface area contributed by atoms with E-state index >= 15 is 0 Å². The molecule has 80 valence electrons. The van der Waals surface area contributed by atoms with E-state index < -0.39 is 0 Å². The number of thiazole rings is 1. The molecular weight excluding hydrogens is 214 g/mol. The molecule has 0 amide bonds. The van der Waals surface area contributed by atoms with Crippen molar-refractivity contribution in [3.63, 3.8) is 0 Å². The van der Waals surface area contributed by atoms with Crippen molar-refractivity contribution in [2.75, 3.05) is 7.11 Å². The van der Waals surface area contributed by atoms with Crippen LogP contribution in [0.15, 0.2) is 10.0 Å². The van der Waals surface area contributed by atoms with E-state index in [1.807, 2.05) is 6.92 Å². The van der Waals surface area contributed by atoms with Gasteiger partial charge in [0.1, 0.15) is 11.5 Å². The lowest BCUT2D eigenvalue weighted by Gasteiger charge is -1.91. The highest BCUT2D eigenvalue weighted by atomic mass is 32.1. The minimum Gasteiger partial charge on any atom is -0.377 e. The van der Waals surface area contributed by atoms with Crippen LogP contribution >= 0.6 is 11.3 Å². The first-order chi connectivity index (χ1) is 7.35. The van der Waals surface area contributed by atoms with Gasteiger partial charge in [-0.2, -0.15) is 4.98 Å². The highest BCUT2D eigenvalue weighted by molar-refractivity contribution is 7.13. The average Bonchev–Trinajstić information content (AvgIpc) is 2.84. The summed E-state index contributed by atoms with van der Waals surface area (Å²) in [5.74, 6) is 1.09. The highest BCUT2D eigenvalue weighted by Gasteiger charge is 2.14. The van der Waals surface area contributed by atoms with Crippen molar-refractivity contribution in [2.45, 2.75) is 20.0 Å². The van der Waals surface area contributed by atoms with Crippen molar-refractivity contribution >= 4 is 11.3 Å². The third-order valence-electron chi connectivity index (χ3n) is 1.91. The molecule has 0 atom stereocenters. The maximum Gasteiger partial charge on any atom is 0.270 e. The Balaban J connectivity index is 2.28. The largest absolute Gasteiger partial charge is 0.377 e. The second-order valence-electron chi connectivity index (χ2n) is 2.93. The molecule has 15 heavy (non-hydrogen) atoms. The molecular formula is C9H11N3O2S. The quantitative estimate of drug-likeness (QED) is 0.795. The van der Waals surface area contributed by atoms with E-state index in [-0.39, 0.29) is 0 Å². The lowest BCUT2D eigenvalue weighted by Crippen LogP contribution is -1.89. The van der Waals surface area contributed by atoms with Gasteiger partial charge in [-0.15, -0.1) is 11.3 Å². The topological polar surface area (TPSA) is 61.0 Å². The molecule has 2 aromatic rings. The first-order valence-electron chi connectivity index (χ1n) is 4.59. The zero-order chi connectivity index (χ0) is 10.7. The fourth-order valence-electron chi connectivity index (χ4n) is 1.23. The summed E-state index contributed by atoms with van der Waals surface area (Å²) >= 11 is 1.51. The standard InChI is InChI=1S/C9H11N3O2S/c1-3-6-8(15-5-10-6)9-11-7(4-13-2)12-14-9/h5H,3-4H2,1-2H3. The van der Waals surface area contributed by atoms with Gasteiger partial charge in [0.05, 0.1) is 11.2 Å². The highest BCUT2D eigenvalue weighted by Crippen LogP contribution is 2.26. The van der Waals surface area contributed by atoms with Gasteiger partial charge >= 0.3 is 0 Å². The van der Waals surface area contributed by atoms with Crippen LogP contribution in [0, 0.1) is 0 Å². The molecule has 0 N–H and O–H groups in total. The van der Waals surface area contributed by atoms with Crippen LogP contribution in [-0.4, -0.2) is 22.2 Å². The van der Waals surface area contributed by atoms with E-state index in [1.54, 1.807) is 12.6 Å². The van der Waals surface area contributed by atoms with Gasteiger partial charge in [-0.25, -0.2) is 4.98 Å². The molecule has 2 aromatic heterocycles. The summed E-state index contributed by atoms with van der Waals surface area (Å²) in [5, 5.41) is 3.81. The van der Waals surface area contributed by atoms with Crippen molar-refractivity contribution in [2.24, 2.45) is 0 Å². The smallest absolute Gasteiger partial charge is 0.270 e. The van der Waals surface area contributed by atoms with E-state index in [0.29, 0.717) is 18.3 Å². The third-order valence-corrected chi connectivity index (χ3v) is 2.77. The lowest BCUT2D eigenvalue weighted by molar-refractivity contribution is 0.174. The first-order valence-corrected chi connectivity index (χ1v) is 5.47. The van der Waals surface area contributed by atoms with E-state index in [1.165, 1.54) is 11.3 Å². The van der Waals surface area contributed by atoms with E-state index in [0.717, 1.165) is 17.0 Å². The number of aryl methyl sites for hydroxylation is 1. The predicted octanol–water partition coefficient (Wildman–Crippen LogP) is 1.90. The fourth-order valence-corrected chi connectivity index (χ4v) is 2.03. The Kier molecular flexibility index (Phi) is 3.08. The molecule has 0 radical (unpaired) electrons. The molecule has 0 aliphatic heterocycles. The molecule has 0 saturated carbocycles. The van der Waals surface area contributed by atoms with Gasteiger partial charge in [-0.3, -0.25) is 0 Å². The number of hydrogen-bond acceptors (Lipinski definition) is 6. The number of nitrogens with zero attached hydrogens (tertiary/aromatic N) is 3. The third kappa shape index (κ3) is 2.05. The molecule has 0 spiro atoms. The van der Waals surface area contributed by atoms with Crippen molar-refractivity contribution in [1.29, 1.82) is 0 Å². The lowest BCUT2D eigenvalue weighted by atomic mass is 10.3. The van der Waals surface area contributed by atoms with Gasteiger partial charge in [0.15, 0.2) is 5.82 Å². The van der Waals surface area contributed by atoms with E-state index in [2.05, 4.69) is 15.1 Å². The Morgan fingerprint density at radius 2 is 2.40 bits per heavy atom. The number of rotatable bonds is 4. The Morgan fingerprint density at radius 1 is 1.53 bits per heavy atom. The molecule has 0 aliphatic carbocycles. The Hall–Kier alpha value is -1.27. The van der Waals surface area contributed by atoms with Crippen LogP contribution in [0.3, 0.4) is 0 Å². The van der Waals surface area contributed by atoms with Gasteiger partial charge in [0.2, 0.25) is 0 Å². The molecule has 6 heteroatoms. The van der Waals surface area contributed by atoms with E-state index in [4.69, 9.17) is 9.26 Å². The summed E-state index contributed by atoms with van der Waals surface area (Å²) in [6.07, 6.45) is 0.862. The van der Waals surface area contributed by atoms with Gasteiger partial charge < -0.3 is 9.26 Å². The molecule has 2 heterocycles. The maximum absolute atomic E-state index is 5.13. The van der Waals surface area contributed by atoms with Crippen LogP contribution in [0.5, 0.6) is 0 Å². The average molecular weight is 225 g/mol. The number of methoxy groups -OCH3 is 1. The fraction of sp³-hybridized carbons (Fsp3) is 0.444. The van der Waals surface area contributed by atoms with Gasteiger partial charge in [-0.1, -0.05) is 12.1 Å².